The van der Waals surface area contributed by atoms with Crippen LogP contribution in [0.5, 0.6) is 5.75 Å². The Labute approximate surface area is 257 Å². The summed E-state index contributed by atoms with van der Waals surface area (Å²) in [5.41, 5.74) is 4.26. The number of rotatable bonds is 15. The maximum Gasteiger partial charge on any atom is 0.536 e. The van der Waals surface area contributed by atoms with Crippen molar-refractivity contribution in [3.05, 3.63) is 138 Å². The van der Waals surface area contributed by atoms with Crippen molar-refractivity contribution in [1.82, 2.24) is 4.98 Å². The molecular weight excluding hydrogens is 598 g/mol. The molecule has 0 saturated heterocycles. The third kappa shape index (κ3) is 9.00. The van der Waals surface area contributed by atoms with Crippen molar-refractivity contribution < 1.29 is 36.4 Å². The first-order valence-corrected chi connectivity index (χ1v) is 17.2. The van der Waals surface area contributed by atoms with Gasteiger partial charge >= 0.3 is 15.6 Å². The van der Waals surface area contributed by atoms with Crippen LogP contribution in [0.25, 0.3) is 10.9 Å². The predicted molar refractivity (Wildman–Crippen MR) is 171 cm³/mol. The van der Waals surface area contributed by atoms with E-state index >= 15 is 0 Å². The van der Waals surface area contributed by atoms with Crippen molar-refractivity contribution in [3.63, 3.8) is 0 Å². The van der Waals surface area contributed by atoms with Gasteiger partial charge < -0.3 is 14.0 Å². The van der Waals surface area contributed by atoms with Gasteiger partial charge in [0, 0.05) is 29.1 Å². The second-order valence-corrected chi connectivity index (χ2v) is 14.3. The van der Waals surface area contributed by atoms with Crippen LogP contribution in [-0.4, -0.2) is 35.0 Å². The van der Waals surface area contributed by atoms with Gasteiger partial charge in [0.1, 0.15) is 12.3 Å². The summed E-state index contributed by atoms with van der Waals surface area (Å²) in [4.78, 5) is 14.1. The monoisotopic (exact) mass is 635 g/mol. The van der Waals surface area contributed by atoms with Gasteiger partial charge in [0.2, 0.25) is 0 Å². The number of hydrogen-bond acceptors (Lipinski definition) is 6. The number of hydrogen-bond donors (Lipinski definition) is 2. The molecule has 11 heteroatoms. The summed E-state index contributed by atoms with van der Waals surface area (Å²) in [5.74, 6) is 0.121. The molecule has 1 heterocycles. The van der Waals surface area contributed by atoms with E-state index in [9.17, 15) is 14.0 Å². The Balaban J connectivity index is 1.33. The van der Waals surface area contributed by atoms with E-state index in [1.165, 1.54) is 5.56 Å². The first-order chi connectivity index (χ1) is 21.1. The number of nitrogens with one attached hydrogen (secondary N) is 1. The van der Waals surface area contributed by atoms with Gasteiger partial charge in [-0.1, -0.05) is 97.1 Å². The fourth-order valence-corrected chi connectivity index (χ4v) is 7.49. The molecule has 0 aliphatic heterocycles. The molecule has 1 atom stereocenters. The number of H-pyrrole nitrogens is 1. The highest BCUT2D eigenvalue weighted by molar-refractivity contribution is 7.61. The zero-order valence-electron chi connectivity index (χ0n) is 24.7. The number of aromatic amines is 1. The molecule has 0 aliphatic carbocycles. The summed E-state index contributed by atoms with van der Waals surface area (Å²) in [7, 11) is -5.26. The molecule has 9 nitrogen and oxygen atoms in total. The Morgan fingerprint density at radius 2 is 1.27 bits per heavy atom. The Bertz CT molecular complexity index is 1700. The van der Waals surface area contributed by atoms with Crippen LogP contribution in [0.4, 0.5) is 0 Å². The second-order valence-electron chi connectivity index (χ2n) is 11.2. The summed E-state index contributed by atoms with van der Waals surface area (Å²) in [6, 6.07) is 33.4. The summed E-state index contributed by atoms with van der Waals surface area (Å²) >= 11 is 0. The highest BCUT2D eigenvalue weighted by Gasteiger charge is 2.40. The third-order valence-corrected chi connectivity index (χ3v) is 10.0. The van der Waals surface area contributed by atoms with Crippen LogP contribution in [0.2, 0.25) is 0 Å². The average molecular weight is 636 g/mol. The van der Waals surface area contributed by atoms with E-state index in [1.807, 2.05) is 42.6 Å². The number of fused-ring (bicyclic) bond motifs is 1. The second kappa shape index (κ2) is 14.1. The van der Waals surface area contributed by atoms with Crippen LogP contribution in [0.1, 0.15) is 22.3 Å². The summed E-state index contributed by atoms with van der Waals surface area (Å²) < 4.78 is 49.7. The van der Waals surface area contributed by atoms with Crippen LogP contribution < -0.4 is 4.52 Å². The molecule has 0 aliphatic rings. The first-order valence-electron chi connectivity index (χ1n) is 14.3. The van der Waals surface area contributed by atoms with Gasteiger partial charge in [-0.3, -0.25) is 13.9 Å². The van der Waals surface area contributed by atoms with Gasteiger partial charge in [0.25, 0.3) is 0 Å². The van der Waals surface area contributed by atoms with E-state index < -0.39 is 15.6 Å². The van der Waals surface area contributed by atoms with Crippen molar-refractivity contribution in [2.45, 2.75) is 26.2 Å². The third-order valence-electron chi connectivity index (χ3n) is 7.07. The lowest BCUT2D eigenvalue weighted by atomic mass is 10.1. The molecule has 0 saturated carbocycles. The van der Waals surface area contributed by atoms with E-state index in [0.29, 0.717) is 22.9 Å². The van der Waals surface area contributed by atoms with Gasteiger partial charge in [-0.05, 0) is 28.8 Å². The fourth-order valence-electron chi connectivity index (χ4n) is 4.88. The molecule has 0 spiro atoms. The molecule has 230 valence electrons. The lowest BCUT2D eigenvalue weighted by Crippen LogP contribution is -2.40. The van der Waals surface area contributed by atoms with Crippen molar-refractivity contribution in [2.75, 3.05) is 20.6 Å². The Morgan fingerprint density at radius 1 is 0.727 bits per heavy atom. The standard InChI is InChI=1S/C33H36N2O7P2/c1-35(2,24-27-13-6-3-7-14-27)22-21-30-23-34-31-19-12-20-32(33(30)31)41-43(36,37)42-44(38,39-25-28-15-8-4-9-16-28)40-26-29-17-10-5-11-18-29/h3-20,23,34H,21-22,24-26H2,1-2H3/p+1. The largest absolute Gasteiger partial charge is 0.536 e. The van der Waals surface area contributed by atoms with Gasteiger partial charge in [0.05, 0.1) is 33.9 Å². The lowest BCUT2D eigenvalue weighted by Gasteiger charge is -2.30. The van der Waals surface area contributed by atoms with Crippen LogP contribution in [0, 0.1) is 0 Å². The maximum absolute atomic E-state index is 13.7. The molecule has 4 aromatic carbocycles. The number of phosphoric ester groups is 2. The topological polar surface area (TPSA) is 107 Å². The minimum Gasteiger partial charge on any atom is -0.403 e. The molecule has 0 bridgehead atoms. The van der Waals surface area contributed by atoms with Crippen molar-refractivity contribution in [2.24, 2.45) is 0 Å². The van der Waals surface area contributed by atoms with Gasteiger partial charge in [-0.15, -0.1) is 0 Å². The average Bonchev–Trinajstić information content (AvgIpc) is 3.43. The highest BCUT2D eigenvalue weighted by Crippen LogP contribution is 2.64. The van der Waals surface area contributed by atoms with E-state index in [4.69, 9.17) is 17.9 Å². The molecule has 5 rings (SSSR count). The Kier molecular flexibility index (Phi) is 10.2. The number of benzene rings is 4. The van der Waals surface area contributed by atoms with Crippen molar-refractivity contribution >= 4 is 26.5 Å². The first kappa shape index (κ1) is 31.9. The minimum atomic E-state index is -5.01. The van der Waals surface area contributed by atoms with Gasteiger partial charge in [-0.2, -0.15) is 4.31 Å². The molecule has 44 heavy (non-hydrogen) atoms. The maximum atomic E-state index is 13.7. The van der Waals surface area contributed by atoms with Gasteiger partial charge in [0.15, 0.2) is 0 Å². The minimum absolute atomic E-state index is 0.121. The number of nitrogens with zero attached hydrogens (tertiary/aromatic N) is 1. The van der Waals surface area contributed by atoms with Crippen molar-refractivity contribution in [3.8, 4) is 5.75 Å². The predicted octanol–water partition coefficient (Wildman–Crippen LogP) is 8.02. The summed E-state index contributed by atoms with van der Waals surface area (Å²) in [6.07, 6.45) is 2.55. The fraction of sp³-hybridized carbons (Fsp3) is 0.212. The quantitative estimate of drug-likeness (QED) is 0.0886. The summed E-state index contributed by atoms with van der Waals surface area (Å²) in [6.45, 7) is 1.33. The number of quaternary nitrogens is 1. The number of aromatic nitrogens is 1. The molecule has 0 amide bonds. The molecule has 2 N–H and O–H groups in total. The highest BCUT2D eigenvalue weighted by atomic mass is 31.3. The van der Waals surface area contributed by atoms with Crippen LogP contribution in [0.15, 0.2) is 115 Å². The number of likely N-dealkylation sites (N-methyl/N-ethyl adjacent to an activating group) is 1. The van der Waals surface area contributed by atoms with Crippen molar-refractivity contribution in [1.29, 1.82) is 0 Å². The normalized spacial score (nSPS) is 13.5. The van der Waals surface area contributed by atoms with E-state index in [0.717, 1.165) is 28.7 Å². The smallest absolute Gasteiger partial charge is 0.403 e. The zero-order valence-corrected chi connectivity index (χ0v) is 26.5. The van der Waals surface area contributed by atoms with Crippen LogP contribution in [0.3, 0.4) is 0 Å². The van der Waals surface area contributed by atoms with E-state index in [-0.39, 0.29) is 19.0 Å². The molecule has 1 aromatic heterocycles. The zero-order chi connectivity index (χ0) is 31.0. The molecule has 1 unspecified atom stereocenters. The molecule has 0 fully saturated rings. The molecule has 0 radical (unpaired) electrons. The lowest BCUT2D eigenvalue weighted by molar-refractivity contribution is -0.903. The van der Waals surface area contributed by atoms with E-state index in [2.05, 4.69) is 31.2 Å². The SMILES string of the molecule is C[N+](C)(CCc1c[nH]c2cccc(OP(=O)(O)OP(=O)(OCc3ccccc3)OCc3ccccc3)c12)Cc1ccccc1. The summed E-state index contributed by atoms with van der Waals surface area (Å²) in [5, 5.41) is 0.648. The van der Waals surface area contributed by atoms with E-state index in [1.54, 1.807) is 60.7 Å². The Morgan fingerprint density at radius 3 is 1.84 bits per heavy atom. The molecule has 5 aromatic rings. The molecular formula is C33H37N2O7P2+. The Hall–Kier alpha value is -3.52. The number of phosphoric acid groups is 2. The van der Waals surface area contributed by atoms with Crippen LogP contribution in [-0.2, 0) is 48.7 Å². The van der Waals surface area contributed by atoms with Gasteiger partial charge in [-0.25, -0.2) is 9.13 Å². The van der Waals surface area contributed by atoms with Crippen LogP contribution >= 0.6 is 15.6 Å².